The molecule has 1 aliphatic carbocycles. The van der Waals surface area contributed by atoms with Crippen LogP contribution in [0.4, 0.5) is 0 Å². The first-order chi connectivity index (χ1) is 18.3. The molecule has 4 atom stereocenters. The van der Waals surface area contributed by atoms with Crippen molar-refractivity contribution in [2.24, 2.45) is 18.4 Å². The molecule has 1 aromatic carbocycles. The number of hydrogen-bond acceptors (Lipinski definition) is 6. The van der Waals surface area contributed by atoms with E-state index in [1.54, 1.807) is 14.2 Å². The van der Waals surface area contributed by atoms with Gasteiger partial charge in [0, 0.05) is 43.5 Å². The van der Waals surface area contributed by atoms with Crippen molar-refractivity contribution in [3.05, 3.63) is 30.0 Å². The highest BCUT2D eigenvalue weighted by Gasteiger charge is 2.45. The second-order valence-corrected chi connectivity index (χ2v) is 11.6. The predicted octanol–water partition coefficient (Wildman–Crippen LogP) is 1.07. The second-order valence-electron chi connectivity index (χ2n) is 11.6. The molecule has 4 heterocycles. The molecule has 38 heavy (non-hydrogen) atoms. The summed E-state index contributed by atoms with van der Waals surface area (Å²) >= 11 is 0. The minimum Gasteiger partial charge on any atom is -0.550 e. The SMILES string of the molecule is COc1ccc(-c2cc([C@H]3C[NH+]4CC[C@H]3C[C@@H]4CNC(=O)CC3(CC(=O)[O-])CCCC3)n(C)n2)cc1OC. The van der Waals surface area contributed by atoms with Gasteiger partial charge in [-0.3, -0.25) is 9.48 Å². The predicted molar refractivity (Wildman–Crippen MR) is 140 cm³/mol. The zero-order valence-corrected chi connectivity index (χ0v) is 22.8. The van der Waals surface area contributed by atoms with Crippen molar-refractivity contribution in [1.82, 2.24) is 15.1 Å². The number of aromatic nitrogens is 2. The zero-order chi connectivity index (χ0) is 26.9. The Morgan fingerprint density at radius 2 is 1.92 bits per heavy atom. The van der Waals surface area contributed by atoms with Crippen LogP contribution in [0, 0.1) is 11.3 Å². The highest BCUT2D eigenvalue weighted by molar-refractivity contribution is 5.78. The van der Waals surface area contributed by atoms with Crippen LogP contribution in [0.25, 0.3) is 11.3 Å². The fourth-order valence-electron chi connectivity index (χ4n) is 7.33. The van der Waals surface area contributed by atoms with Crippen molar-refractivity contribution in [2.45, 2.75) is 63.3 Å². The Hall–Kier alpha value is -3.07. The van der Waals surface area contributed by atoms with Gasteiger partial charge in [0.1, 0.15) is 6.04 Å². The maximum atomic E-state index is 12.8. The van der Waals surface area contributed by atoms with E-state index in [1.807, 2.05) is 29.9 Å². The van der Waals surface area contributed by atoms with Gasteiger partial charge in [-0.2, -0.15) is 5.10 Å². The smallest absolute Gasteiger partial charge is 0.220 e. The van der Waals surface area contributed by atoms with Crippen LogP contribution >= 0.6 is 0 Å². The summed E-state index contributed by atoms with van der Waals surface area (Å²) in [6.45, 7) is 2.81. The lowest BCUT2D eigenvalue weighted by Gasteiger charge is -2.47. The molecule has 1 unspecified atom stereocenters. The highest BCUT2D eigenvalue weighted by atomic mass is 16.5. The van der Waals surface area contributed by atoms with Gasteiger partial charge in [0.05, 0.1) is 45.5 Å². The molecule has 0 spiro atoms. The third-order valence-electron chi connectivity index (χ3n) is 9.29. The van der Waals surface area contributed by atoms with Gasteiger partial charge in [0.2, 0.25) is 5.91 Å². The van der Waals surface area contributed by atoms with Crippen LogP contribution in [-0.4, -0.2) is 61.6 Å². The molecule has 2 bridgehead atoms. The molecule has 2 N–H and O–H groups in total. The number of aryl methyl sites for hydroxylation is 1. The van der Waals surface area contributed by atoms with Crippen LogP contribution in [0.3, 0.4) is 0 Å². The number of benzene rings is 1. The molecule has 1 aromatic heterocycles. The number of hydrogen-bond donors (Lipinski definition) is 2. The van der Waals surface area contributed by atoms with Crippen molar-refractivity contribution >= 4 is 11.9 Å². The number of fused-ring (bicyclic) bond motifs is 3. The van der Waals surface area contributed by atoms with Gasteiger partial charge in [-0.1, -0.05) is 12.8 Å². The molecule has 9 nitrogen and oxygen atoms in total. The Morgan fingerprint density at radius 1 is 1.16 bits per heavy atom. The summed E-state index contributed by atoms with van der Waals surface area (Å²) in [6, 6.07) is 8.49. The number of nitrogens with one attached hydrogen (secondary N) is 2. The zero-order valence-electron chi connectivity index (χ0n) is 22.8. The van der Waals surface area contributed by atoms with E-state index in [9.17, 15) is 14.7 Å². The Morgan fingerprint density at radius 3 is 2.58 bits per heavy atom. The van der Waals surface area contributed by atoms with Crippen LogP contribution < -0.4 is 24.8 Å². The number of rotatable bonds is 10. The summed E-state index contributed by atoms with van der Waals surface area (Å²) in [5.41, 5.74) is 2.76. The number of carbonyl (C=O) groups excluding carboxylic acids is 2. The van der Waals surface area contributed by atoms with Crippen LogP contribution in [0.5, 0.6) is 11.5 Å². The third kappa shape index (κ3) is 5.39. The second kappa shape index (κ2) is 11.0. The molecule has 206 valence electrons. The number of piperidine rings is 3. The van der Waals surface area contributed by atoms with E-state index < -0.39 is 11.4 Å². The summed E-state index contributed by atoms with van der Waals surface area (Å²) in [5, 5.41) is 19.3. The monoisotopic (exact) mass is 524 g/mol. The first-order valence-electron chi connectivity index (χ1n) is 13.9. The maximum Gasteiger partial charge on any atom is 0.220 e. The van der Waals surface area contributed by atoms with Crippen LogP contribution in [0.1, 0.15) is 63.0 Å². The number of nitrogens with zero attached hydrogens (tertiary/aromatic N) is 2. The van der Waals surface area contributed by atoms with E-state index in [0.717, 1.165) is 56.5 Å². The van der Waals surface area contributed by atoms with Crippen molar-refractivity contribution in [3.63, 3.8) is 0 Å². The number of carboxylic acid groups (broad SMARTS) is 1. The molecule has 1 saturated carbocycles. The van der Waals surface area contributed by atoms with Gasteiger partial charge in [-0.05, 0) is 54.9 Å². The number of amides is 1. The van der Waals surface area contributed by atoms with E-state index >= 15 is 0 Å². The molecule has 9 heteroatoms. The van der Waals surface area contributed by atoms with Gasteiger partial charge in [-0.15, -0.1) is 0 Å². The maximum absolute atomic E-state index is 12.8. The van der Waals surface area contributed by atoms with Crippen LogP contribution in [0.2, 0.25) is 0 Å². The van der Waals surface area contributed by atoms with Gasteiger partial charge >= 0.3 is 0 Å². The molecule has 2 aromatic rings. The number of methoxy groups -OCH3 is 2. The number of aliphatic carboxylic acids is 1. The summed E-state index contributed by atoms with van der Waals surface area (Å²) in [5.74, 6) is 1.31. The lowest BCUT2D eigenvalue weighted by atomic mass is 9.74. The van der Waals surface area contributed by atoms with E-state index in [1.165, 1.54) is 17.0 Å². The number of carboxylic acids is 1. The van der Waals surface area contributed by atoms with Gasteiger partial charge in [0.25, 0.3) is 0 Å². The lowest BCUT2D eigenvalue weighted by molar-refractivity contribution is -0.942. The van der Waals surface area contributed by atoms with Gasteiger partial charge in [0.15, 0.2) is 11.5 Å². The molecule has 4 aliphatic rings. The minimum atomic E-state index is -1.05. The van der Waals surface area contributed by atoms with Crippen molar-refractivity contribution in [3.8, 4) is 22.8 Å². The van der Waals surface area contributed by atoms with Crippen LogP contribution in [0.15, 0.2) is 24.3 Å². The summed E-state index contributed by atoms with van der Waals surface area (Å²) in [4.78, 5) is 25.6. The van der Waals surface area contributed by atoms with Gasteiger partial charge in [-0.25, -0.2) is 0 Å². The number of quaternary nitrogens is 1. The highest BCUT2D eigenvalue weighted by Crippen LogP contribution is 2.44. The van der Waals surface area contributed by atoms with E-state index in [0.29, 0.717) is 42.3 Å². The normalized spacial score (nSPS) is 25.8. The Kier molecular flexibility index (Phi) is 7.66. The minimum absolute atomic E-state index is 0.0129. The number of carbonyl (C=O) groups is 2. The average molecular weight is 525 g/mol. The molecule has 4 fully saturated rings. The standard InChI is InChI=1S/C29H40N4O5/c1-32-24(14-23(31-32)20-6-7-25(37-2)26(13-20)38-3)22-18-33-11-8-19(22)12-21(33)17-30-27(34)15-29(16-28(35)36)9-4-5-10-29/h6-7,13-14,19,21-22H,4-5,8-12,15-18H2,1-3H3,(H,30,34)(H,35,36)/t19-,21+,22-/m0/s1. The Bertz CT molecular complexity index is 1170. The molecular weight excluding hydrogens is 484 g/mol. The quantitative estimate of drug-likeness (QED) is 0.481. The summed E-state index contributed by atoms with van der Waals surface area (Å²) < 4.78 is 12.9. The summed E-state index contributed by atoms with van der Waals surface area (Å²) in [7, 11) is 5.30. The molecule has 0 radical (unpaired) electrons. The average Bonchev–Trinajstić information content (AvgIpc) is 3.53. The first-order valence-corrected chi connectivity index (χ1v) is 13.9. The molecule has 1 amide bonds. The molecule has 3 aliphatic heterocycles. The molecular formula is C29H40N4O5. The van der Waals surface area contributed by atoms with Crippen molar-refractivity contribution in [1.29, 1.82) is 0 Å². The van der Waals surface area contributed by atoms with Crippen LogP contribution in [-0.2, 0) is 16.6 Å². The fraction of sp³-hybridized carbons (Fsp3) is 0.621. The Labute approximate surface area is 224 Å². The number of ether oxygens (including phenoxy) is 2. The van der Waals surface area contributed by atoms with Crippen molar-refractivity contribution < 1.29 is 29.1 Å². The van der Waals surface area contributed by atoms with Crippen molar-refractivity contribution in [2.75, 3.05) is 33.9 Å². The third-order valence-corrected chi connectivity index (χ3v) is 9.29. The largest absolute Gasteiger partial charge is 0.550 e. The van der Waals surface area contributed by atoms with E-state index in [-0.39, 0.29) is 12.3 Å². The summed E-state index contributed by atoms with van der Waals surface area (Å²) in [6.07, 6.45) is 6.11. The van der Waals surface area contributed by atoms with E-state index in [4.69, 9.17) is 14.6 Å². The Balaban J connectivity index is 1.21. The lowest BCUT2D eigenvalue weighted by Crippen LogP contribution is -3.20. The van der Waals surface area contributed by atoms with Gasteiger partial charge < -0.3 is 29.6 Å². The topological polar surface area (TPSA) is 110 Å². The molecule has 6 rings (SSSR count). The van der Waals surface area contributed by atoms with E-state index in [2.05, 4.69) is 11.4 Å². The molecule has 3 saturated heterocycles. The first kappa shape index (κ1) is 26.5. The fourth-order valence-corrected chi connectivity index (χ4v) is 7.33.